The van der Waals surface area contributed by atoms with Gasteiger partial charge < -0.3 is 5.11 Å². The van der Waals surface area contributed by atoms with Crippen molar-refractivity contribution in [2.45, 2.75) is 0 Å². The van der Waals surface area contributed by atoms with E-state index in [4.69, 9.17) is 0 Å². The fourth-order valence-corrected chi connectivity index (χ4v) is 4.28. The standard InChI is InChI=1S/C15H11FN4O4S/c16-12-4-9(11-6-18-19-3-1-2-17-15(11)19)5-13(22)14(12)20-7-10(21)8-25(20,23)24/h1-6,22H,7-8H2. The van der Waals surface area contributed by atoms with E-state index in [0.29, 0.717) is 15.5 Å². The van der Waals surface area contributed by atoms with Gasteiger partial charge in [0.25, 0.3) is 0 Å². The SMILES string of the molecule is O=C1CN(c2c(O)cc(-c3cnn4cccnc34)cc2F)S(=O)(=O)C1. The molecule has 0 unspecified atom stereocenters. The van der Waals surface area contributed by atoms with Crippen LogP contribution in [0.1, 0.15) is 0 Å². The first-order valence-corrected chi connectivity index (χ1v) is 8.81. The molecule has 10 heteroatoms. The number of rotatable bonds is 2. The Hall–Kier alpha value is -3.01. The van der Waals surface area contributed by atoms with Crippen LogP contribution in [0.3, 0.4) is 0 Å². The van der Waals surface area contributed by atoms with Crippen molar-refractivity contribution < 1.29 is 22.7 Å². The molecular formula is C15H11FN4O4S. The summed E-state index contributed by atoms with van der Waals surface area (Å²) in [6.45, 7) is -0.496. The average molecular weight is 362 g/mol. The number of ketones is 1. The number of aromatic nitrogens is 3. The summed E-state index contributed by atoms with van der Waals surface area (Å²) in [6.07, 6.45) is 4.68. The maximum Gasteiger partial charge on any atom is 0.243 e. The second kappa shape index (κ2) is 5.24. The first-order chi connectivity index (χ1) is 11.9. The molecule has 3 aromatic rings. The average Bonchev–Trinajstić information content (AvgIpc) is 3.07. The van der Waals surface area contributed by atoms with Crippen molar-refractivity contribution in [3.8, 4) is 16.9 Å². The summed E-state index contributed by atoms with van der Waals surface area (Å²) in [5, 5.41) is 14.3. The van der Waals surface area contributed by atoms with E-state index in [9.17, 15) is 22.7 Å². The maximum atomic E-state index is 14.6. The Morgan fingerprint density at radius 2 is 2.08 bits per heavy atom. The van der Waals surface area contributed by atoms with Crippen LogP contribution in [0.4, 0.5) is 10.1 Å². The largest absolute Gasteiger partial charge is 0.506 e. The molecule has 1 fully saturated rings. The zero-order chi connectivity index (χ0) is 17.8. The molecule has 0 atom stereocenters. The highest BCUT2D eigenvalue weighted by molar-refractivity contribution is 7.94. The summed E-state index contributed by atoms with van der Waals surface area (Å²) >= 11 is 0. The van der Waals surface area contributed by atoms with Crippen molar-refractivity contribution >= 4 is 27.1 Å². The number of benzene rings is 1. The van der Waals surface area contributed by atoms with Gasteiger partial charge in [-0.25, -0.2) is 22.3 Å². The molecule has 3 heterocycles. The highest BCUT2D eigenvalue weighted by Gasteiger charge is 2.38. The van der Waals surface area contributed by atoms with Crippen LogP contribution in [0, 0.1) is 5.82 Å². The van der Waals surface area contributed by atoms with E-state index < -0.39 is 45.4 Å². The molecule has 1 aliphatic heterocycles. The lowest BCUT2D eigenvalue weighted by Gasteiger charge is -2.18. The van der Waals surface area contributed by atoms with Crippen LogP contribution >= 0.6 is 0 Å². The van der Waals surface area contributed by atoms with Crippen LogP contribution in [-0.4, -0.2) is 46.2 Å². The Balaban J connectivity index is 1.86. The van der Waals surface area contributed by atoms with Crippen molar-refractivity contribution in [1.82, 2.24) is 14.6 Å². The normalized spacial score (nSPS) is 16.7. The third-order valence-corrected chi connectivity index (χ3v) is 5.55. The monoisotopic (exact) mass is 362 g/mol. The maximum absolute atomic E-state index is 14.6. The Morgan fingerprint density at radius 3 is 2.76 bits per heavy atom. The van der Waals surface area contributed by atoms with E-state index in [-0.39, 0.29) is 5.56 Å². The molecule has 128 valence electrons. The Labute approximate surface area is 141 Å². The van der Waals surface area contributed by atoms with E-state index >= 15 is 0 Å². The molecule has 8 nitrogen and oxygen atoms in total. The lowest BCUT2D eigenvalue weighted by Crippen LogP contribution is -2.26. The summed E-state index contributed by atoms with van der Waals surface area (Å²) in [5.41, 5.74) is 0.689. The van der Waals surface area contributed by atoms with Gasteiger partial charge in [-0.15, -0.1) is 0 Å². The van der Waals surface area contributed by atoms with Gasteiger partial charge >= 0.3 is 0 Å². The first-order valence-electron chi connectivity index (χ1n) is 7.20. The minimum absolute atomic E-state index is 0.287. The van der Waals surface area contributed by atoms with Gasteiger partial charge in [-0.3, -0.25) is 9.10 Å². The van der Waals surface area contributed by atoms with Crippen LogP contribution in [-0.2, 0) is 14.8 Å². The summed E-state index contributed by atoms with van der Waals surface area (Å²) in [7, 11) is -3.98. The number of hydrogen-bond acceptors (Lipinski definition) is 6. The number of nitrogens with zero attached hydrogens (tertiary/aromatic N) is 4. The predicted molar refractivity (Wildman–Crippen MR) is 86.2 cm³/mol. The van der Waals surface area contributed by atoms with Gasteiger partial charge in [0, 0.05) is 18.0 Å². The molecule has 0 amide bonds. The van der Waals surface area contributed by atoms with Gasteiger partial charge in [0.05, 0.1) is 12.7 Å². The molecule has 1 N–H and O–H groups in total. The van der Waals surface area contributed by atoms with Crippen LogP contribution in [0.2, 0.25) is 0 Å². The number of hydrogen-bond donors (Lipinski definition) is 1. The summed E-state index contributed by atoms with van der Waals surface area (Å²) in [4.78, 5) is 15.6. The quantitative estimate of drug-likeness (QED) is 0.728. The Bertz CT molecular complexity index is 1100. The van der Waals surface area contributed by atoms with Crippen molar-refractivity contribution in [3.63, 3.8) is 0 Å². The molecule has 0 spiro atoms. The highest BCUT2D eigenvalue weighted by Crippen LogP contribution is 2.38. The lowest BCUT2D eigenvalue weighted by atomic mass is 10.1. The molecule has 0 bridgehead atoms. The molecule has 2 aromatic heterocycles. The van der Waals surface area contributed by atoms with Crippen molar-refractivity contribution in [2.24, 2.45) is 0 Å². The second-order valence-corrected chi connectivity index (χ2v) is 7.47. The zero-order valence-corrected chi connectivity index (χ0v) is 13.4. The molecule has 1 aliphatic rings. The fourth-order valence-electron chi connectivity index (χ4n) is 2.82. The predicted octanol–water partition coefficient (Wildman–Crippen LogP) is 0.960. The highest BCUT2D eigenvalue weighted by atomic mass is 32.2. The van der Waals surface area contributed by atoms with Gasteiger partial charge in [0.15, 0.2) is 17.2 Å². The Morgan fingerprint density at radius 1 is 1.28 bits per heavy atom. The van der Waals surface area contributed by atoms with Gasteiger partial charge in [0.1, 0.15) is 17.2 Å². The number of sulfonamides is 1. The summed E-state index contributed by atoms with van der Waals surface area (Å²) < 4.78 is 40.6. The summed E-state index contributed by atoms with van der Waals surface area (Å²) in [5.74, 6) is -2.80. The number of anilines is 1. The molecule has 1 saturated heterocycles. The molecule has 1 aromatic carbocycles. The molecular weight excluding hydrogens is 351 g/mol. The summed E-state index contributed by atoms with van der Waals surface area (Å²) in [6, 6.07) is 3.99. The number of carbonyl (C=O) groups is 1. The Kier molecular flexibility index (Phi) is 3.25. The molecule has 0 saturated carbocycles. The van der Waals surface area contributed by atoms with E-state index in [1.165, 1.54) is 16.8 Å². The van der Waals surface area contributed by atoms with Gasteiger partial charge in [-0.2, -0.15) is 5.10 Å². The number of Topliss-reactive ketones (excluding diaryl/α,β-unsaturated/α-hetero) is 1. The third kappa shape index (κ3) is 2.41. The smallest absolute Gasteiger partial charge is 0.243 e. The topological polar surface area (TPSA) is 105 Å². The number of halogens is 1. The van der Waals surface area contributed by atoms with Gasteiger partial charge in [0.2, 0.25) is 10.0 Å². The van der Waals surface area contributed by atoms with Crippen molar-refractivity contribution in [3.05, 3.63) is 42.6 Å². The number of phenols is 1. The van der Waals surface area contributed by atoms with E-state index in [1.54, 1.807) is 18.5 Å². The molecule has 25 heavy (non-hydrogen) atoms. The van der Waals surface area contributed by atoms with Gasteiger partial charge in [-0.05, 0) is 23.8 Å². The van der Waals surface area contributed by atoms with Crippen LogP contribution in [0.5, 0.6) is 5.75 Å². The lowest BCUT2D eigenvalue weighted by molar-refractivity contribution is -0.114. The minimum Gasteiger partial charge on any atom is -0.506 e. The number of fused-ring (bicyclic) bond motifs is 1. The van der Waals surface area contributed by atoms with Crippen LogP contribution in [0.25, 0.3) is 16.8 Å². The van der Waals surface area contributed by atoms with E-state index in [1.807, 2.05) is 0 Å². The van der Waals surface area contributed by atoms with Gasteiger partial charge in [-0.1, -0.05) is 0 Å². The van der Waals surface area contributed by atoms with Crippen molar-refractivity contribution in [2.75, 3.05) is 16.6 Å². The van der Waals surface area contributed by atoms with Crippen LogP contribution < -0.4 is 4.31 Å². The fraction of sp³-hybridized carbons (Fsp3) is 0.133. The van der Waals surface area contributed by atoms with E-state index in [0.717, 1.165) is 6.07 Å². The number of carbonyl (C=O) groups excluding carboxylic acids is 1. The van der Waals surface area contributed by atoms with E-state index in [2.05, 4.69) is 10.1 Å². The van der Waals surface area contributed by atoms with Crippen LogP contribution in [0.15, 0.2) is 36.8 Å². The minimum atomic E-state index is -3.98. The van der Waals surface area contributed by atoms with Crippen molar-refractivity contribution in [1.29, 1.82) is 0 Å². The molecule has 0 radical (unpaired) electrons. The molecule has 4 rings (SSSR count). The number of phenolic OH excluding ortho intramolecular Hbond substituents is 1. The second-order valence-electron chi connectivity index (χ2n) is 5.57. The zero-order valence-electron chi connectivity index (χ0n) is 12.6. The molecule has 0 aliphatic carbocycles. The third-order valence-electron chi connectivity index (χ3n) is 3.88. The first kappa shape index (κ1) is 15.5. The number of aromatic hydroxyl groups is 1.